The predicted molar refractivity (Wildman–Crippen MR) is 84.1 cm³/mol. The molecule has 114 valence electrons. The van der Waals surface area contributed by atoms with Crippen molar-refractivity contribution in [3.63, 3.8) is 0 Å². The van der Waals surface area contributed by atoms with E-state index in [0.717, 1.165) is 18.4 Å². The van der Waals surface area contributed by atoms with Crippen molar-refractivity contribution in [3.05, 3.63) is 54.6 Å². The van der Waals surface area contributed by atoms with E-state index in [2.05, 4.69) is 9.88 Å². The smallest absolute Gasteiger partial charge is 0.287 e. The Bertz CT molecular complexity index is 759. The Balaban J connectivity index is 1.60. The minimum absolute atomic E-state index is 0.203. The molecule has 2 heterocycles. The maximum atomic E-state index is 12.1. The molecule has 2 aromatic heterocycles. The Morgan fingerprint density at radius 2 is 2.09 bits per heavy atom. The summed E-state index contributed by atoms with van der Waals surface area (Å²) in [7, 11) is 1.58. The number of hydrogen-bond donors (Lipinski definition) is 1. The Hall–Kier alpha value is -2.69. The number of aromatic nitrogens is 1. The van der Waals surface area contributed by atoms with Crippen LogP contribution in [-0.2, 0) is 6.54 Å². The van der Waals surface area contributed by atoms with Crippen LogP contribution in [0.3, 0.4) is 0 Å². The van der Waals surface area contributed by atoms with Crippen LogP contribution < -0.4 is 10.1 Å². The minimum Gasteiger partial charge on any atom is -0.493 e. The lowest BCUT2D eigenvalue weighted by molar-refractivity contribution is 0.0927. The average Bonchev–Trinajstić information content (AvgIpc) is 3.19. The van der Waals surface area contributed by atoms with Crippen molar-refractivity contribution in [1.29, 1.82) is 0 Å². The molecule has 0 saturated carbocycles. The maximum Gasteiger partial charge on any atom is 0.287 e. The molecule has 0 saturated heterocycles. The van der Waals surface area contributed by atoms with Crippen molar-refractivity contribution in [2.45, 2.75) is 13.0 Å². The van der Waals surface area contributed by atoms with Crippen molar-refractivity contribution >= 4 is 16.9 Å². The molecule has 3 rings (SSSR count). The van der Waals surface area contributed by atoms with Gasteiger partial charge in [-0.3, -0.25) is 4.79 Å². The zero-order chi connectivity index (χ0) is 15.4. The number of furan rings is 1. The summed E-state index contributed by atoms with van der Waals surface area (Å²) in [5, 5.41) is 3.73. The van der Waals surface area contributed by atoms with Crippen molar-refractivity contribution < 1.29 is 13.9 Å². The van der Waals surface area contributed by atoms with Crippen molar-refractivity contribution in [3.8, 4) is 5.75 Å². The molecule has 5 heteroatoms. The third-order valence-electron chi connectivity index (χ3n) is 3.50. The normalized spacial score (nSPS) is 10.8. The van der Waals surface area contributed by atoms with Crippen LogP contribution in [-0.4, -0.2) is 24.1 Å². The van der Waals surface area contributed by atoms with Crippen molar-refractivity contribution in [1.82, 2.24) is 9.88 Å². The number of ether oxygens (including phenoxy) is 1. The van der Waals surface area contributed by atoms with Crippen LogP contribution in [0.4, 0.5) is 0 Å². The van der Waals surface area contributed by atoms with Gasteiger partial charge >= 0.3 is 0 Å². The van der Waals surface area contributed by atoms with Gasteiger partial charge in [-0.15, -0.1) is 0 Å². The van der Waals surface area contributed by atoms with E-state index in [1.165, 1.54) is 0 Å². The van der Waals surface area contributed by atoms with Gasteiger partial charge in [0.25, 0.3) is 5.91 Å². The van der Waals surface area contributed by atoms with Gasteiger partial charge in [0.1, 0.15) is 0 Å². The molecule has 1 aromatic carbocycles. The number of carbonyl (C=O) groups excluding carboxylic acids is 1. The van der Waals surface area contributed by atoms with Crippen LogP contribution in [0.25, 0.3) is 11.0 Å². The summed E-state index contributed by atoms with van der Waals surface area (Å²) < 4.78 is 12.9. The number of carbonyl (C=O) groups is 1. The summed E-state index contributed by atoms with van der Waals surface area (Å²) in [5.74, 6) is 0.732. The molecule has 0 bridgehead atoms. The van der Waals surface area contributed by atoms with E-state index >= 15 is 0 Å². The Kier molecular flexibility index (Phi) is 4.14. The monoisotopic (exact) mass is 298 g/mol. The first-order valence-corrected chi connectivity index (χ1v) is 7.23. The molecule has 3 aromatic rings. The van der Waals surface area contributed by atoms with Crippen molar-refractivity contribution in [2.75, 3.05) is 13.7 Å². The SMILES string of the molecule is COc1cccc2cc(C(=O)NCCCn3cccc3)oc12. The highest BCUT2D eigenvalue weighted by Gasteiger charge is 2.14. The predicted octanol–water partition coefficient (Wildman–Crippen LogP) is 3.06. The Morgan fingerprint density at radius 3 is 2.86 bits per heavy atom. The number of nitrogens with one attached hydrogen (secondary N) is 1. The largest absolute Gasteiger partial charge is 0.493 e. The van der Waals surface area contributed by atoms with E-state index < -0.39 is 0 Å². The summed E-state index contributed by atoms with van der Waals surface area (Å²) in [4.78, 5) is 12.1. The number of nitrogens with zero attached hydrogens (tertiary/aromatic N) is 1. The van der Waals surface area contributed by atoms with Crippen LogP contribution in [0.2, 0.25) is 0 Å². The van der Waals surface area contributed by atoms with Gasteiger partial charge in [-0.05, 0) is 30.7 Å². The van der Waals surface area contributed by atoms with Crippen LogP contribution in [0.1, 0.15) is 17.0 Å². The molecule has 0 aliphatic carbocycles. The van der Waals surface area contributed by atoms with E-state index in [1.807, 2.05) is 42.7 Å². The van der Waals surface area contributed by atoms with E-state index in [0.29, 0.717) is 23.6 Å². The molecule has 0 atom stereocenters. The second kappa shape index (κ2) is 6.39. The second-order valence-electron chi connectivity index (χ2n) is 5.02. The lowest BCUT2D eigenvalue weighted by atomic mass is 10.2. The molecular weight excluding hydrogens is 280 g/mol. The number of methoxy groups -OCH3 is 1. The minimum atomic E-state index is -0.203. The fourth-order valence-electron chi connectivity index (χ4n) is 2.38. The number of para-hydroxylation sites is 1. The molecule has 0 fully saturated rings. The highest BCUT2D eigenvalue weighted by molar-refractivity contribution is 5.97. The van der Waals surface area contributed by atoms with Gasteiger partial charge in [0.15, 0.2) is 17.1 Å². The van der Waals surface area contributed by atoms with Gasteiger partial charge in [-0.25, -0.2) is 0 Å². The molecule has 0 unspecified atom stereocenters. The number of amides is 1. The number of benzene rings is 1. The van der Waals surface area contributed by atoms with Crippen molar-refractivity contribution in [2.24, 2.45) is 0 Å². The number of fused-ring (bicyclic) bond motifs is 1. The summed E-state index contributed by atoms with van der Waals surface area (Å²) in [6, 6.07) is 11.3. The molecular formula is C17H18N2O3. The first kappa shape index (κ1) is 14.3. The third-order valence-corrected chi connectivity index (χ3v) is 3.50. The molecule has 22 heavy (non-hydrogen) atoms. The molecule has 5 nitrogen and oxygen atoms in total. The summed E-state index contributed by atoms with van der Waals surface area (Å²) in [6.45, 7) is 1.48. The highest BCUT2D eigenvalue weighted by Crippen LogP contribution is 2.28. The quantitative estimate of drug-likeness (QED) is 0.712. The molecule has 0 aliphatic rings. The van der Waals surface area contributed by atoms with Gasteiger partial charge in [-0.2, -0.15) is 0 Å². The highest BCUT2D eigenvalue weighted by atomic mass is 16.5. The van der Waals surface area contributed by atoms with Gasteiger partial charge < -0.3 is 19.0 Å². The van der Waals surface area contributed by atoms with Crippen LogP contribution in [0, 0.1) is 0 Å². The van der Waals surface area contributed by atoms with Gasteiger partial charge in [0.2, 0.25) is 0 Å². The second-order valence-corrected chi connectivity index (χ2v) is 5.02. The molecule has 0 aliphatic heterocycles. The molecule has 1 amide bonds. The summed E-state index contributed by atoms with van der Waals surface area (Å²) >= 11 is 0. The first-order chi connectivity index (χ1) is 10.8. The number of hydrogen-bond acceptors (Lipinski definition) is 3. The van der Waals surface area contributed by atoms with Gasteiger partial charge in [0, 0.05) is 30.9 Å². The summed E-state index contributed by atoms with van der Waals surface area (Å²) in [5.41, 5.74) is 0.600. The maximum absolute atomic E-state index is 12.1. The first-order valence-electron chi connectivity index (χ1n) is 7.23. The number of rotatable bonds is 6. The van der Waals surface area contributed by atoms with E-state index in [4.69, 9.17) is 9.15 Å². The molecule has 1 N–H and O–H groups in total. The van der Waals surface area contributed by atoms with Crippen LogP contribution in [0.5, 0.6) is 5.75 Å². The lowest BCUT2D eigenvalue weighted by Crippen LogP contribution is -2.24. The van der Waals surface area contributed by atoms with E-state index in [-0.39, 0.29) is 5.91 Å². The van der Waals surface area contributed by atoms with E-state index in [9.17, 15) is 4.79 Å². The fourth-order valence-corrected chi connectivity index (χ4v) is 2.38. The molecule has 0 spiro atoms. The lowest BCUT2D eigenvalue weighted by Gasteiger charge is -2.04. The zero-order valence-corrected chi connectivity index (χ0v) is 12.4. The van der Waals surface area contributed by atoms with Crippen LogP contribution in [0.15, 0.2) is 53.2 Å². The van der Waals surface area contributed by atoms with Gasteiger partial charge in [0.05, 0.1) is 7.11 Å². The topological polar surface area (TPSA) is 56.4 Å². The van der Waals surface area contributed by atoms with E-state index in [1.54, 1.807) is 13.2 Å². The standard InChI is InChI=1S/C17H18N2O3/c1-21-14-7-4-6-13-12-15(22-16(13)14)17(20)18-8-5-11-19-9-2-3-10-19/h2-4,6-7,9-10,12H,5,8,11H2,1H3,(H,18,20). The Morgan fingerprint density at radius 1 is 1.27 bits per heavy atom. The number of aryl methyl sites for hydroxylation is 1. The molecule has 0 radical (unpaired) electrons. The van der Waals surface area contributed by atoms with Gasteiger partial charge in [-0.1, -0.05) is 12.1 Å². The fraction of sp³-hybridized carbons (Fsp3) is 0.235. The Labute approximate surface area is 128 Å². The third kappa shape index (κ3) is 2.98. The summed E-state index contributed by atoms with van der Waals surface area (Å²) in [6.07, 6.45) is 4.88. The van der Waals surface area contributed by atoms with Crippen LogP contribution >= 0.6 is 0 Å². The average molecular weight is 298 g/mol. The zero-order valence-electron chi connectivity index (χ0n) is 12.4.